The Morgan fingerprint density at radius 2 is 1.29 bits per heavy atom. The molecule has 52 heavy (non-hydrogen) atoms. The predicted octanol–water partition coefficient (Wildman–Crippen LogP) is 8.88. The molecular weight excluding hydrogens is 712 g/mol. The maximum Gasteiger partial charge on any atom is 0.248 e. The highest BCUT2D eigenvalue weighted by Crippen LogP contribution is 2.32. The Balaban J connectivity index is 1.15. The molecule has 2 fully saturated rings. The fourth-order valence-corrected chi connectivity index (χ4v) is 7.99. The van der Waals surface area contributed by atoms with Gasteiger partial charge in [0.2, 0.25) is 17.7 Å². The topological polar surface area (TPSA) is 73.0 Å². The van der Waals surface area contributed by atoms with Crippen LogP contribution in [0.15, 0.2) is 120 Å². The average molecular weight is 764 g/mol. The molecule has 0 spiro atoms. The van der Waals surface area contributed by atoms with Crippen LogP contribution >= 0.6 is 15.9 Å². The van der Waals surface area contributed by atoms with E-state index in [4.69, 9.17) is 0 Å². The van der Waals surface area contributed by atoms with Crippen molar-refractivity contribution in [1.29, 1.82) is 0 Å². The summed E-state index contributed by atoms with van der Waals surface area (Å²) in [6, 6.07) is 37.0. The monoisotopic (exact) mass is 762 g/mol. The SMILES string of the molecule is O=C(NC1CCCCC1)C(c1ccccc1)N(C(=O)CCCC(=O)N(c1ccccc1)C1CCN(CCc2ccccc2)CC1)c1ccc(Br)cc1. The van der Waals surface area contributed by atoms with E-state index in [1.165, 1.54) is 12.0 Å². The minimum Gasteiger partial charge on any atom is -0.351 e. The van der Waals surface area contributed by atoms with Crippen LogP contribution in [0.5, 0.6) is 0 Å². The molecule has 1 saturated heterocycles. The molecule has 0 radical (unpaired) electrons. The third kappa shape index (κ3) is 10.2. The van der Waals surface area contributed by atoms with Crippen molar-refractivity contribution in [2.45, 2.75) is 88.8 Å². The molecule has 1 aliphatic carbocycles. The molecule has 0 bridgehead atoms. The molecule has 1 aliphatic heterocycles. The molecule has 2 aliphatic rings. The van der Waals surface area contributed by atoms with Crippen LogP contribution in [0.4, 0.5) is 11.4 Å². The zero-order valence-electron chi connectivity index (χ0n) is 30.0. The lowest BCUT2D eigenvalue weighted by Crippen LogP contribution is -2.48. The van der Waals surface area contributed by atoms with E-state index < -0.39 is 6.04 Å². The third-order valence-electron chi connectivity index (χ3n) is 10.5. The molecule has 1 atom stereocenters. The summed E-state index contributed by atoms with van der Waals surface area (Å²) in [6.45, 7) is 2.90. The minimum atomic E-state index is -0.833. The molecule has 7 nitrogen and oxygen atoms in total. The highest BCUT2D eigenvalue weighted by molar-refractivity contribution is 9.10. The number of hydrogen-bond acceptors (Lipinski definition) is 4. The number of carbonyl (C=O) groups excluding carboxylic acids is 3. The van der Waals surface area contributed by atoms with E-state index in [9.17, 15) is 14.4 Å². The number of carbonyl (C=O) groups is 3. The number of nitrogens with one attached hydrogen (secondary N) is 1. The van der Waals surface area contributed by atoms with Crippen LogP contribution in [0.2, 0.25) is 0 Å². The smallest absolute Gasteiger partial charge is 0.248 e. The van der Waals surface area contributed by atoms with Crippen LogP contribution in [-0.2, 0) is 20.8 Å². The van der Waals surface area contributed by atoms with E-state index in [1.807, 2.05) is 89.8 Å². The number of rotatable bonds is 14. The van der Waals surface area contributed by atoms with Gasteiger partial charge in [0.05, 0.1) is 0 Å². The second-order valence-corrected chi connectivity index (χ2v) is 15.1. The number of piperidine rings is 1. The van der Waals surface area contributed by atoms with Crippen LogP contribution in [0.3, 0.4) is 0 Å². The highest BCUT2D eigenvalue weighted by atomic mass is 79.9. The van der Waals surface area contributed by atoms with Gasteiger partial charge in [0.15, 0.2) is 0 Å². The van der Waals surface area contributed by atoms with E-state index in [-0.39, 0.29) is 42.6 Å². The highest BCUT2D eigenvalue weighted by Gasteiger charge is 2.34. The Hall–Kier alpha value is -4.27. The van der Waals surface area contributed by atoms with Crippen LogP contribution in [0.25, 0.3) is 0 Å². The van der Waals surface area contributed by atoms with Crippen molar-refractivity contribution in [2.75, 3.05) is 29.4 Å². The van der Waals surface area contributed by atoms with Crippen LogP contribution in [0.1, 0.15) is 81.4 Å². The molecule has 6 rings (SSSR count). The second kappa shape index (κ2) is 19.0. The first-order valence-electron chi connectivity index (χ1n) is 19.0. The van der Waals surface area contributed by atoms with Crippen molar-refractivity contribution in [3.8, 4) is 0 Å². The summed E-state index contributed by atoms with van der Waals surface area (Å²) in [5.41, 5.74) is 3.66. The zero-order valence-corrected chi connectivity index (χ0v) is 31.6. The number of nitrogens with zero attached hydrogens (tertiary/aromatic N) is 3. The number of likely N-dealkylation sites (tertiary alicyclic amines) is 1. The lowest BCUT2D eigenvalue weighted by atomic mass is 9.94. The Kier molecular flexibility index (Phi) is 13.7. The zero-order chi connectivity index (χ0) is 36.1. The molecule has 1 heterocycles. The quantitative estimate of drug-likeness (QED) is 0.139. The summed E-state index contributed by atoms with van der Waals surface area (Å²) >= 11 is 3.52. The summed E-state index contributed by atoms with van der Waals surface area (Å²) in [5, 5.41) is 3.29. The van der Waals surface area contributed by atoms with Gasteiger partial charge in [-0.1, -0.05) is 114 Å². The first-order valence-corrected chi connectivity index (χ1v) is 19.8. The van der Waals surface area contributed by atoms with Crippen molar-refractivity contribution in [1.82, 2.24) is 10.2 Å². The van der Waals surface area contributed by atoms with Crippen molar-refractivity contribution in [3.63, 3.8) is 0 Å². The molecular formula is C44H51BrN4O3. The predicted molar refractivity (Wildman–Crippen MR) is 213 cm³/mol. The largest absolute Gasteiger partial charge is 0.351 e. The maximum absolute atomic E-state index is 14.4. The minimum absolute atomic E-state index is 0.0339. The van der Waals surface area contributed by atoms with Gasteiger partial charge in [-0.2, -0.15) is 0 Å². The lowest BCUT2D eigenvalue weighted by molar-refractivity contribution is -0.127. The van der Waals surface area contributed by atoms with Gasteiger partial charge >= 0.3 is 0 Å². The van der Waals surface area contributed by atoms with Gasteiger partial charge in [-0.3, -0.25) is 19.3 Å². The Morgan fingerprint density at radius 3 is 1.94 bits per heavy atom. The van der Waals surface area contributed by atoms with Gasteiger partial charge in [0.1, 0.15) is 6.04 Å². The first-order chi connectivity index (χ1) is 25.5. The van der Waals surface area contributed by atoms with E-state index in [0.717, 1.165) is 80.3 Å². The fraction of sp³-hybridized carbons (Fsp3) is 0.386. The van der Waals surface area contributed by atoms with Gasteiger partial charge in [-0.15, -0.1) is 0 Å². The van der Waals surface area contributed by atoms with Gasteiger partial charge < -0.3 is 15.1 Å². The Bertz CT molecular complexity index is 1710. The van der Waals surface area contributed by atoms with Crippen LogP contribution in [0, 0.1) is 0 Å². The van der Waals surface area contributed by atoms with Crippen molar-refractivity contribution >= 4 is 45.0 Å². The third-order valence-corrected chi connectivity index (χ3v) is 11.0. The molecule has 1 unspecified atom stereocenters. The molecule has 3 amide bonds. The number of anilines is 2. The number of para-hydroxylation sites is 1. The molecule has 1 N–H and O–H groups in total. The normalized spacial score (nSPS) is 16.2. The summed E-state index contributed by atoms with van der Waals surface area (Å²) in [4.78, 5) is 48.7. The molecule has 0 aromatic heterocycles. The summed E-state index contributed by atoms with van der Waals surface area (Å²) < 4.78 is 0.889. The molecule has 8 heteroatoms. The summed E-state index contributed by atoms with van der Waals surface area (Å²) in [5.74, 6) is -0.317. The second-order valence-electron chi connectivity index (χ2n) is 14.2. The molecule has 1 saturated carbocycles. The Labute approximate surface area is 317 Å². The fourth-order valence-electron chi connectivity index (χ4n) is 7.73. The van der Waals surface area contributed by atoms with Gasteiger partial charge in [-0.05, 0) is 86.1 Å². The van der Waals surface area contributed by atoms with Crippen molar-refractivity contribution < 1.29 is 14.4 Å². The number of amides is 3. The van der Waals surface area contributed by atoms with E-state index in [1.54, 1.807) is 4.90 Å². The van der Waals surface area contributed by atoms with Crippen molar-refractivity contribution in [3.05, 3.63) is 131 Å². The number of hydrogen-bond donors (Lipinski definition) is 1. The van der Waals surface area contributed by atoms with Gasteiger partial charge in [0.25, 0.3) is 0 Å². The number of benzene rings is 4. The lowest BCUT2D eigenvalue weighted by Gasteiger charge is -2.39. The van der Waals surface area contributed by atoms with Crippen molar-refractivity contribution in [2.24, 2.45) is 0 Å². The summed E-state index contributed by atoms with van der Waals surface area (Å²) in [7, 11) is 0. The first kappa shape index (κ1) is 37.5. The molecule has 4 aromatic carbocycles. The summed E-state index contributed by atoms with van der Waals surface area (Å²) in [6.07, 6.45) is 8.87. The van der Waals surface area contributed by atoms with E-state index in [2.05, 4.69) is 56.5 Å². The van der Waals surface area contributed by atoms with Gasteiger partial charge in [-0.25, -0.2) is 0 Å². The molecule has 4 aromatic rings. The van der Waals surface area contributed by atoms with Crippen LogP contribution in [-0.4, -0.2) is 54.3 Å². The molecule has 272 valence electrons. The Morgan fingerprint density at radius 1 is 0.692 bits per heavy atom. The number of halogens is 1. The van der Waals surface area contributed by atoms with Gasteiger partial charge in [0, 0.05) is 60.4 Å². The standard InChI is InChI=1S/C44H51BrN4O3/c45-36-24-26-39(27-25-36)49(43(35-16-7-2-8-17-35)44(52)46-37-18-9-3-10-19-37)42(51)23-13-22-41(50)48(38-20-11-4-12-21-38)40-29-32-47(33-30-40)31-28-34-14-5-1-6-15-34/h1-2,4-8,11-12,14-17,20-21,24-27,37,40,43H,3,9-10,13,18-19,22-23,28-33H2,(H,46,52). The maximum atomic E-state index is 14.4. The van der Waals surface area contributed by atoms with E-state index in [0.29, 0.717) is 12.1 Å². The average Bonchev–Trinajstić information content (AvgIpc) is 3.18. The van der Waals surface area contributed by atoms with Crippen LogP contribution < -0.4 is 15.1 Å². The van der Waals surface area contributed by atoms with E-state index >= 15 is 0 Å².